The molecule has 0 bridgehead atoms. The van der Waals surface area contributed by atoms with Gasteiger partial charge in [0.2, 0.25) is 0 Å². The molecule has 0 radical (unpaired) electrons. The Kier molecular flexibility index (Phi) is 6.00. The Hall–Kier alpha value is -2.34. The zero-order valence-electron chi connectivity index (χ0n) is 17.7. The predicted molar refractivity (Wildman–Crippen MR) is 113 cm³/mol. The van der Waals surface area contributed by atoms with Crippen molar-refractivity contribution in [3.05, 3.63) is 75.6 Å². The van der Waals surface area contributed by atoms with Crippen LogP contribution in [0.1, 0.15) is 60.7 Å². The first-order chi connectivity index (χ1) is 14.2. The van der Waals surface area contributed by atoms with Crippen molar-refractivity contribution in [1.82, 2.24) is 0 Å². The summed E-state index contributed by atoms with van der Waals surface area (Å²) < 4.78 is 61.5. The van der Waals surface area contributed by atoms with Gasteiger partial charge < -0.3 is 4.74 Å². The molecule has 2 aromatic carbocycles. The predicted octanol–water partition coefficient (Wildman–Crippen LogP) is 7.42. The molecule has 0 aliphatic heterocycles. The summed E-state index contributed by atoms with van der Waals surface area (Å²) in [5.74, 6) is -1.25. The van der Waals surface area contributed by atoms with Crippen LogP contribution in [0, 0.1) is 12.7 Å². The second-order valence-corrected chi connectivity index (χ2v) is 9.26. The molecule has 7 heteroatoms. The normalized spacial score (nSPS) is 19.3. The van der Waals surface area contributed by atoms with E-state index in [0.29, 0.717) is 22.3 Å². The fourth-order valence-corrected chi connectivity index (χ4v) is 3.99. The van der Waals surface area contributed by atoms with Crippen molar-refractivity contribution in [1.29, 1.82) is 0 Å². The minimum Gasteiger partial charge on any atom is -0.456 e. The van der Waals surface area contributed by atoms with E-state index in [1.807, 2.05) is 0 Å². The van der Waals surface area contributed by atoms with Crippen LogP contribution >= 0.6 is 11.6 Å². The lowest BCUT2D eigenvalue weighted by molar-refractivity contribution is -0.187. The molecule has 2 aromatic rings. The Morgan fingerprint density at radius 1 is 1.10 bits per heavy atom. The summed E-state index contributed by atoms with van der Waals surface area (Å²) in [6.07, 6.45) is -3.59. The second-order valence-electron chi connectivity index (χ2n) is 8.85. The molecule has 31 heavy (non-hydrogen) atoms. The Morgan fingerprint density at radius 2 is 1.77 bits per heavy atom. The van der Waals surface area contributed by atoms with E-state index in [9.17, 15) is 22.4 Å². The molecule has 166 valence electrons. The number of allylic oxidation sites excluding steroid dienone is 2. The summed E-state index contributed by atoms with van der Waals surface area (Å²) in [5.41, 5.74) is -0.816. The van der Waals surface area contributed by atoms with Crippen molar-refractivity contribution in [2.45, 2.75) is 57.7 Å². The number of carbonyl (C=O) groups excluding carboxylic acids is 1. The number of alkyl halides is 3. The van der Waals surface area contributed by atoms with E-state index >= 15 is 0 Å². The lowest BCUT2D eigenvalue weighted by Crippen LogP contribution is -2.40. The van der Waals surface area contributed by atoms with Gasteiger partial charge in [0.15, 0.2) is 0 Å². The van der Waals surface area contributed by atoms with Gasteiger partial charge in [-0.1, -0.05) is 35.9 Å². The third-order valence-electron chi connectivity index (χ3n) is 5.42. The standard InChI is InChI=1S/C24H23ClF4O2/c1-14-11-15(5-7-18(14)21(30)31-22(2,3)4)16-9-10-23(13-16,24(27,28)29)17-6-8-20(26)19(25)12-17/h5-9,11-12H,10,13H2,1-4H3. The monoisotopic (exact) mass is 454 g/mol. The molecule has 0 fully saturated rings. The number of benzene rings is 2. The number of hydrogen-bond acceptors (Lipinski definition) is 2. The minimum absolute atomic E-state index is 0.0697. The molecular weight excluding hydrogens is 432 g/mol. The number of aryl methyl sites for hydroxylation is 1. The Labute approximate surface area is 183 Å². The highest BCUT2D eigenvalue weighted by molar-refractivity contribution is 6.30. The van der Waals surface area contributed by atoms with Crippen molar-refractivity contribution >= 4 is 23.1 Å². The Morgan fingerprint density at radius 3 is 2.32 bits per heavy atom. The van der Waals surface area contributed by atoms with Crippen LogP contribution in [0.5, 0.6) is 0 Å². The number of carbonyl (C=O) groups is 1. The SMILES string of the molecule is Cc1cc(C2=CCC(c3ccc(F)c(Cl)c3)(C(F)(F)F)C2)ccc1C(=O)OC(C)(C)C. The molecule has 0 N–H and O–H groups in total. The summed E-state index contributed by atoms with van der Waals surface area (Å²) >= 11 is 5.77. The molecule has 1 aliphatic carbocycles. The van der Waals surface area contributed by atoms with Gasteiger partial charge in [-0.3, -0.25) is 0 Å². The van der Waals surface area contributed by atoms with E-state index in [1.54, 1.807) is 52.0 Å². The molecule has 1 atom stereocenters. The van der Waals surface area contributed by atoms with Crippen LogP contribution in [0.25, 0.3) is 5.57 Å². The minimum atomic E-state index is -4.56. The van der Waals surface area contributed by atoms with Crippen LogP contribution in [-0.4, -0.2) is 17.7 Å². The summed E-state index contributed by atoms with van der Waals surface area (Å²) in [4.78, 5) is 12.4. The first-order valence-electron chi connectivity index (χ1n) is 9.79. The molecule has 3 rings (SSSR count). The van der Waals surface area contributed by atoms with E-state index in [0.717, 1.165) is 18.2 Å². The first kappa shape index (κ1) is 23.3. The van der Waals surface area contributed by atoms with Gasteiger partial charge >= 0.3 is 12.1 Å². The maximum atomic E-state index is 14.2. The van der Waals surface area contributed by atoms with Gasteiger partial charge in [0.1, 0.15) is 11.4 Å². The molecule has 0 aromatic heterocycles. The molecule has 0 spiro atoms. The molecular formula is C24H23ClF4O2. The quantitative estimate of drug-likeness (QED) is 0.356. The lowest BCUT2D eigenvalue weighted by Gasteiger charge is -2.33. The zero-order valence-corrected chi connectivity index (χ0v) is 18.4. The fraction of sp³-hybridized carbons (Fsp3) is 0.375. The summed E-state index contributed by atoms with van der Waals surface area (Å²) in [6.45, 7) is 7.00. The third-order valence-corrected chi connectivity index (χ3v) is 5.71. The van der Waals surface area contributed by atoms with Crippen molar-refractivity contribution < 1.29 is 27.1 Å². The smallest absolute Gasteiger partial charge is 0.399 e. The van der Waals surface area contributed by atoms with Crippen LogP contribution < -0.4 is 0 Å². The van der Waals surface area contributed by atoms with Crippen molar-refractivity contribution in [3.8, 4) is 0 Å². The van der Waals surface area contributed by atoms with Crippen molar-refractivity contribution in [3.63, 3.8) is 0 Å². The van der Waals surface area contributed by atoms with E-state index in [2.05, 4.69) is 0 Å². The Balaban J connectivity index is 1.93. The first-order valence-corrected chi connectivity index (χ1v) is 10.2. The largest absolute Gasteiger partial charge is 0.456 e. The molecule has 0 amide bonds. The van der Waals surface area contributed by atoms with Crippen LogP contribution in [0.2, 0.25) is 5.02 Å². The number of rotatable bonds is 3. The molecule has 0 saturated heterocycles. The highest BCUT2D eigenvalue weighted by Gasteiger charge is 2.57. The molecule has 0 heterocycles. The van der Waals surface area contributed by atoms with Gasteiger partial charge in [0, 0.05) is 0 Å². The zero-order chi connectivity index (χ0) is 23.2. The highest BCUT2D eigenvalue weighted by Crippen LogP contribution is 2.54. The maximum absolute atomic E-state index is 14.2. The van der Waals surface area contributed by atoms with Gasteiger partial charge in [-0.05, 0) is 81.0 Å². The van der Waals surface area contributed by atoms with E-state index in [1.165, 1.54) is 0 Å². The van der Waals surface area contributed by atoms with Gasteiger partial charge in [0.05, 0.1) is 16.0 Å². The van der Waals surface area contributed by atoms with Crippen LogP contribution in [0.4, 0.5) is 17.6 Å². The van der Waals surface area contributed by atoms with Gasteiger partial charge in [-0.15, -0.1) is 0 Å². The summed E-state index contributed by atoms with van der Waals surface area (Å²) in [5, 5.41) is -0.341. The molecule has 1 aliphatic rings. The van der Waals surface area contributed by atoms with E-state index in [4.69, 9.17) is 16.3 Å². The van der Waals surface area contributed by atoms with E-state index < -0.39 is 29.0 Å². The van der Waals surface area contributed by atoms with E-state index in [-0.39, 0.29) is 23.4 Å². The third kappa shape index (κ3) is 4.64. The number of ether oxygens (including phenoxy) is 1. The maximum Gasteiger partial charge on any atom is 0.399 e. The van der Waals surface area contributed by atoms with Gasteiger partial charge in [-0.25, -0.2) is 9.18 Å². The number of hydrogen-bond donors (Lipinski definition) is 0. The van der Waals surface area contributed by atoms with Crippen LogP contribution in [0.15, 0.2) is 42.5 Å². The van der Waals surface area contributed by atoms with Crippen LogP contribution in [0.3, 0.4) is 0 Å². The molecule has 2 nitrogen and oxygen atoms in total. The van der Waals surface area contributed by atoms with Crippen LogP contribution in [-0.2, 0) is 10.2 Å². The summed E-state index contributed by atoms with van der Waals surface area (Å²) in [7, 11) is 0. The molecule has 0 saturated carbocycles. The average molecular weight is 455 g/mol. The number of esters is 1. The number of halogens is 5. The van der Waals surface area contributed by atoms with Crippen molar-refractivity contribution in [2.75, 3.05) is 0 Å². The summed E-state index contributed by atoms with van der Waals surface area (Å²) in [6, 6.07) is 8.04. The average Bonchev–Trinajstić information content (AvgIpc) is 3.09. The van der Waals surface area contributed by atoms with Gasteiger partial charge in [0.25, 0.3) is 0 Å². The molecule has 1 unspecified atom stereocenters. The van der Waals surface area contributed by atoms with Crippen molar-refractivity contribution in [2.24, 2.45) is 0 Å². The second kappa shape index (κ2) is 7.97. The van der Waals surface area contributed by atoms with Gasteiger partial charge in [-0.2, -0.15) is 13.2 Å². The topological polar surface area (TPSA) is 26.3 Å². The fourth-order valence-electron chi connectivity index (χ4n) is 3.81. The Bertz CT molecular complexity index is 1050. The lowest BCUT2D eigenvalue weighted by atomic mass is 9.76. The highest BCUT2D eigenvalue weighted by atomic mass is 35.5.